The van der Waals surface area contributed by atoms with E-state index in [1.165, 1.54) is 16.9 Å². The summed E-state index contributed by atoms with van der Waals surface area (Å²) in [6.45, 7) is 8.53. The van der Waals surface area contributed by atoms with E-state index in [0.29, 0.717) is 23.1 Å². The minimum absolute atomic E-state index is 0.342. The standard InChI is InChI=1S/C18H23NO2S/c1-5-11(3)13-7-9-14(10-8-13)15-12(4)22-17(19)16(15)18(20)21-6-2/h7-11H,5-6,19H2,1-4H3. The predicted molar refractivity (Wildman–Crippen MR) is 93.6 cm³/mol. The van der Waals surface area contributed by atoms with Crippen LogP contribution in [0.4, 0.5) is 5.00 Å². The van der Waals surface area contributed by atoms with Gasteiger partial charge < -0.3 is 10.5 Å². The van der Waals surface area contributed by atoms with Crippen LogP contribution in [0.15, 0.2) is 24.3 Å². The molecule has 2 rings (SSSR count). The molecule has 0 bridgehead atoms. The number of aryl methyl sites for hydroxylation is 1. The molecular formula is C18H23NO2S. The molecule has 3 nitrogen and oxygen atoms in total. The van der Waals surface area contributed by atoms with Crippen molar-refractivity contribution in [1.82, 2.24) is 0 Å². The Morgan fingerprint density at radius 2 is 1.91 bits per heavy atom. The van der Waals surface area contributed by atoms with Crippen molar-refractivity contribution < 1.29 is 9.53 Å². The van der Waals surface area contributed by atoms with Gasteiger partial charge in [0.15, 0.2) is 0 Å². The topological polar surface area (TPSA) is 52.3 Å². The normalized spacial score (nSPS) is 12.2. The molecular weight excluding hydrogens is 294 g/mol. The first-order valence-corrected chi connectivity index (χ1v) is 8.47. The lowest BCUT2D eigenvalue weighted by molar-refractivity contribution is 0.0529. The maximum atomic E-state index is 12.2. The summed E-state index contributed by atoms with van der Waals surface area (Å²) in [5.41, 5.74) is 9.75. The maximum Gasteiger partial charge on any atom is 0.341 e. The summed E-state index contributed by atoms with van der Waals surface area (Å²) in [6.07, 6.45) is 1.11. The Hall–Kier alpha value is -1.81. The van der Waals surface area contributed by atoms with Crippen molar-refractivity contribution in [3.05, 3.63) is 40.3 Å². The molecule has 0 saturated carbocycles. The average molecular weight is 317 g/mol. The number of ether oxygens (including phenoxy) is 1. The van der Waals surface area contributed by atoms with Crippen molar-refractivity contribution in [1.29, 1.82) is 0 Å². The summed E-state index contributed by atoms with van der Waals surface area (Å²) in [5, 5.41) is 0.525. The number of benzene rings is 1. The van der Waals surface area contributed by atoms with Crippen molar-refractivity contribution in [2.75, 3.05) is 12.3 Å². The Balaban J connectivity index is 2.46. The summed E-state index contributed by atoms with van der Waals surface area (Å²) >= 11 is 1.44. The smallest absolute Gasteiger partial charge is 0.341 e. The Bertz CT molecular complexity index is 658. The van der Waals surface area contributed by atoms with E-state index in [0.717, 1.165) is 22.4 Å². The third-order valence-corrected chi connectivity index (χ3v) is 4.91. The molecule has 0 radical (unpaired) electrons. The second-order valence-electron chi connectivity index (χ2n) is 5.42. The van der Waals surface area contributed by atoms with E-state index in [1.54, 1.807) is 6.92 Å². The van der Waals surface area contributed by atoms with Crippen LogP contribution < -0.4 is 5.73 Å². The number of nitrogens with two attached hydrogens (primary N) is 1. The highest BCUT2D eigenvalue weighted by Crippen LogP contribution is 2.39. The van der Waals surface area contributed by atoms with Gasteiger partial charge in [0.05, 0.1) is 6.61 Å². The molecule has 0 spiro atoms. The quantitative estimate of drug-likeness (QED) is 0.790. The Kier molecular flexibility index (Phi) is 5.24. The highest BCUT2D eigenvalue weighted by atomic mass is 32.1. The monoisotopic (exact) mass is 317 g/mol. The zero-order valence-electron chi connectivity index (χ0n) is 13.6. The minimum atomic E-state index is -0.342. The first-order valence-electron chi connectivity index (χ1n) is 7.65. The average Bonchev–Trinajstić information content (AvgIpc) is 2.81. The van der Waals surface area contributed by atoms with Gasteiger partial charge in [-0.2, -0.15) is 0 Å². The molecule has 1 atom stereocenters. The molecule has 2 N–H and O–H groups in total. The van der Waals surface area contributed by atoms with Crippen LogP contribution >= 0.6 is 11.3 Å². The fourth-order valence-electron chi connectivity index (χ4n) is 2.53. The second-order valence-corrected chi connectivity index (χ2v) is 6.68. The van der Waals surface area contributed by atoms with E-state index in [9.17, 15) is 4.79 Å². The van der Waals surface area contributed by atoms with Crippen LogP contribution in [0.5, 0.6) is 0 Å². The molecule has 1 aromatic carbocycles. The molecule has 1 aromatic heterocycles. The molecule has 0 aliphatic heterocycles. The van der Waals surface area contributed by atoms with Gasteiger partial charge in [-0.1, -0.05) is 38.1 Å². The molecule has 0 aliphatic rings. The van der Waals surface area contributed by atoms with Crippen molar-refractivity contribution in [3.8, 4) is 11.1 Å². The Labute approximate surface area is 136 Å². The number of anilines is 1. The van der Waals surface area contributed by atoms with Gasteiger partial charge in [0.25, 0.3) is 0 Å². The fraction of sp³-hybridized carbons (Fsp3) is 0.389. The number of hydrogen-bond donors (Lipinski definition) is 1. The number of carbonyl (C=O) groups excluding carboxylic acids is 1. The van der Waals surface area contributed by atoms with E-state index in [2.05, 4.69) is 38.1 Å². The second kappa shape index (κ2) is 6.97. The molecule has 4 heteroatoms. The predicted octanol–water partition coefficient (Wildman–Crippen LogP) is 5.00. The Morgan fingerprint density at radius 3 is 2.45 bits per heavy atom. The van der Waals surface area contributed by atoms with Gasteiger partial charge >= 0.3 is 5.97 Å². The molecule has 118 valence electrons. The third-order valence-electron chi connectivity index (χ3n) is 3.97. The van der Waals surface area contributed by atoms with Gasteiger partial charge in [-0.25, -0.2) is 4.79 Å². The lowest BCUT2D eigenvalue weighted by Crippen LogP contribution is -2.07. The lowest BCUT2D eigenvalue weighted by Gasteiger charge is -2.11. The molecule has 2 aromatic rings. The van der Waals surface area contributed by atoms with Crippen molar-refractivity contribution in [3.63, 3.8) is 0 Å². The molecule has 22 heavy (non-hydrogen) atoms. The van der Waals surface area contributed by atoms with Gasteiger partial charge in [0, 0.05) is 10.4 Å². The van der Waals surface area contributed by atoms with Crippen LogP contribution in [0.1, 0.15) is 53.9 Å². The zero-order chi connectivity index (χ0) is 16.3. The summed E-state index contributed by atoms with van der Waals surface area (Å²) in [4.78, 5) is 13.2. The number of rotatable bonds is 5. The highest BCUT2D eigenvalue weighted by molar-refractivity contribution is 7.16. The SMILES string of the molecule is CCOC(=O)c1c(N)sc(C)c1-c1ccc(C(C)CC)cc1. The first kappa shape index (κ1) is 16.6. The minimum Gasteiger partial charge on any atom is -0.462 e. The van der Waals surface area contributed by atoms with Gasteiger partial charge in [0.1, 0.15) is 10.6 Å². The summed E-state index contributed by atoms with van der Waals surface area (Å²) in [7, 11) is 0. The maximum absolute atomic E-state index is 12.2. The zero-order valence-corrected chi connectivity index (χ0v) is 14.4. The van der Waals surface area contributed by atoms with Crippen molar-refractivity contribution in [2.24, 2.45) is 0 Å². The molecule has 1 heterocycles. The molecule has 1 unspecified atom stereocenters. The first-order chi connectivity index (χ1) is 10.5. The van der Waals surface area contributed by atoms with E-state index in [1.807, 2.05) is 6.92 Å². The van der Waals surface area contributed by atoms with Crippen LogP contribution in [-0.2, 0) is 4.74 Å². The van der Waals surface area contributed by atoms with Gasteiger partial charge in [-0.15, -0.1) is 11.3 Å². The third kappa shape index (κ3) is 3.17. The summed E-state index contributed by atoms with van der Waals surface area (Å²) < 4.78 is 5.15. The van der Waals surface area contributed by atoms with E-state index in [4.69, 9.17) is 10.5 Å². The van der Waals surface area contributed by atoms with Gasteiger partial charge in [-0.05, 0) is 37.3 Å². The molecule has 0 aliphatic carbocycles. The van der Waals surface area contributed by atoms with E-state index < -0.39 is 0 Å². The van der Waals surface area contributed by atoms with E-state index >= 15 is 0 Å². The Morgan fingerprint density at radius 1 is 1.27 bits per heavy atom. The highest BCUT2D eigenvalue weighted by Gasteiger charge is 2.22. The van der Waals surface area contributed by atoms with Crippen LogP contribution in [-0.4, -0.2) is 12.6 Å². The number of carbonyl (C=O) groups is 1. The number of nitrogen functional groups attached to an aromatic ring is 1. The number of thiophene rings is 1. The summed E-state index contributed by atoms with van der Waals surface area (Å²) in [5.74, 6) is 0.192. The van der Waals surface area contributed by atoms with Crippen molar-refractivity contribution >= 4 is 22.3 Å². The van der Waals surface area contributed by atoms with Crippen LogP contribution in [0, 0.1) is 6.92 Å². The number of esters is 1. The van der Waals surface area contributed by atoms with Crippen LogP contribution in [0.3, 0.4) is 0 Å². The lowest BCUT2D eigenvalue weighted by atomic mass is 9.95. The fourth-order valence-corrected chi connectivity index (χ4v) is 3.47. The number of hydrogen-bond acceptors (Lipinski definition) is 4. The van der Waals surface area contributed by atoms with E-state index in [-0.39, 0.29) is 5.97 Å². The van der Waals surface area contributed by atoms with Gasteiger partial charge in [0.2, 0.25) is 0 Å². The largest absolute Gasteiger partial charge is 0.462 e. The van der Waals surface area contributed by atoms with Crippen LogP contribution in [0.2, 0.25) is 0 Å². The summed E-state index contributed by atoms with van der Waals surface area (Å²) in [6, 6.07) is 8.40. The van der Waals surface area contributed by atoms with Crippen molar-refractivity contribution in [2.45, 2.75) is 40.0 Å². The van der Waals surface area contributed by atoms with Gasteiger partial charge in [-0.3, -0.25) is 0 Å². The molecule has 0 amide bonds. The molecule has 0 saturated heterocycles. The molecule has 0 fully saturated rings. The van der Waals surface area contributed by atoms with Crippen LogP contribution in [0.25, 0.3) is 11.1 Å².